The molecular weight excluding hydrogens is 272 g/mol. The Balaban J connectivity index is 1.96. The van der Waals surface area contributed by atoms with Crippen molar-refractivity contribution in [1.82, 2.24) is 0 Å². The third-order valence-electron chi connectivity index (χ3n) is 3.70. The van der Waals surface area contributed by atoms with Gasteiger partial charge >= 0.3 is 5.71 Å². The second-order valence-corrected chi connectivity index (χ2v) is 5.62. The van der Waals surface area contributed by atoms with Gasteiger partial charge in [0, 0.05) is 6.42 Å². The van der Waals surface area contributed by atoms with Gasteiger partial charge in [0.15, 0.2) is 0 Å². The molecule has 2 aromatic carbocycles. The molecule has 0 aliphatic carbocycles. The average Bonchev–Trinajstić information content (AvgIpc) is 2.53. The summed E-state index contributed by atoms with van der Waals surface area (Å²) in [6, 6.07) is 16.0. The molecular formula is C19H20N2O. The summed E-state index contributed by atoms with van der Waals surface area (Å²) in [6.07, 6.45) is 1.38. The van der Waals surface area contributed by atoms with Crippen molar-refractivity contribution in [3.05, 3.63) is 76.3 Å². The summed E-state index contributed by atoms with van der Waals surface area (Å²) >= 11 is 0. The monoisotopic (exact) mass is 292 g/mol. The molecule has 22 heavy (non-hydrogen) atoms. The summed E-state index contributed by atoms with van der Waals surface area (Å²) < 4.78 is 0. The fourth-order valence-electron chi connectivity index (χ4n) is 2.25. The Hall–Kier alpha value is -2.51. The zero-order valence-electron chi connectivity index (χ0n) is 13.0. The highest BCUT2D eigenvalue weighted by Gasteiger charge is 2.20. The first-order valence-electron chi connectivity index (χ1n) is 7.43. The van der Waals surface area contributed by atoms with Gasteiger partial charge in [0.25, 0.3) is 0 Å². The Kier molecular flexibility index (Phi) is 5.40. The summed E-state index contributed by atoms with van der Waals surface area (Å²) in [6.45, 7) is 4.05. The van der Waals surface area contributed by atoms with Crippen molar-refractivity contribution in [2.24, 2.45) is 0 Å². The normalized spacial score (nSPS) is 10.1. The summed E-state index contributed by atoms with van der Waals surface area (Å²) in [7, 11) is 0. The Morgan fingerprint density at radius 1 is 0.909 bits per heavy atom. The second kappa shape index (κ2) is 7.48. The van der Waals surface area contributed by atoms with Crippen LogP contribution in [0.3, 0.4) is 0 Å². The molecule has 3 heteroatoms. The van der Waals surface area contributed by atoms with E-state index in [1.165, 1.54) is 5.56 Å². The third kappa shape index (κ3) is 4.51. The molecule has 112 valence electrons. The average molecular weight is 292 g/mol. The zero-order valence-corrected chi connectivity index (χ0v) is 13.0. The molecule has 0 heterocycles. The second-order valence-electron chi connectivity index (χ2n) is 5.62. The van der Waals surface area contributed by atoms with E-state index in [0.29, 0.717) is 19.3 Å². The lowest BCUT2D eigenvalue weighted by atomic mass is 10.00. The van der Waals surface area contributed by atoms with Crippen molar-refractivity contribution in [3.63, 3.8) is 0 Å². The maximum absolute atomic E-state index is 12.2. The topological polar surface area (TPSA) is 53.5 Å². The molecule has 0 radical (unpaired) electrons. The number of hydrogen-bond acceptors (Lipinski definition) is 1. The summed E-state index contributed by atoms with van der Waals surface area (Å²) in [5.41, 5.74) is 13.8. The number of Topliss-reactive ketones (excluding diaryl/α,β-unsaturated/α-hetero) is 1. The first-order chi connectivity index (χ1) is 10.6. The highest BCUT2D eigenvalue weighted by atomic mass is 16.1. The van der Waals surface area contributed by atoms with Crippen LogP contribution in [-0.2, 0) is 17.6 Å². The van der Waals surface area contributed by atoms with Crippen LogP contribution in [0.1, 0.15) is 28.7 Å². The fourth-order valence-corrected chi connectivity index (χ4v) is 2.25. The lowest BCUT2D eigenvalue weighted by molar-refractivity contribution is -0.117. The maximum atomic E-state index is 12.2. The molecule has 0 amide bonds. The third-order valence-corrected chi connectivity index (χ3v) is 3.70. The summed E-state index contributed by atoms with van der Waals surface area (Å²) in [4.78, 5) is 15.4. The molecule has 0 N–H and O–H groups in total. The molecule has 0 fully saturated rings. The summed E-state index contributed by atoms with van der Waals surface area (Å²) in [5.74, 6) is -0.108. The molecule has 0 atom stereocenters. The lowest BCUT2D eigenvalue weighted by Gasteiger charge is -2.01. The van der Waals surface area contributed by atoms with Crippen LogP contribution in [0.25, 0.3) is 5.53 Å². The Bertz CT molecular complexity index is 693. The number of aryl methyl sites for hydroxylation is 3. The van der Waals surface area contributed by atoms with Gasteiger partial charge in [-0.3, -0.25) is 4.79 Å². The van der Waals surface area contributed by atoms with Crippen molar-refractivity contribution < 1.29 is 9.58 Å². The standard InChI is InChI=1S/C19H20N2O/c1-14-3-7-16(8-4-14)11-12-19(22)18(21-20)13-17-9-5-15(2)6-10-17/h3-10H,11-13H2,1-2H3. The van der Waals surface area contributed by atoms with Gasteiger partial charge < -0.3 is 5.53 Å². The van der Waals surface area contributed by atoms with Crippen molar-refractivity contribution in [2.45, 2.75) is 33.1 Å². The number of carbonyl (C=O) groups excluding carboxylic acids is 1. The molecule has 2 aromatic rings. The Morgan fingerprint density at radius 2 is 1.41 bits per heavy atom. The minimum Gasteiger partial charge on any atom is -0.361 e. The van der Waals surface area contributed by atoms with Crippen molar-refractivity contribution >= 4 is 11.5 Å². The van der Waals surface area contributed by atoms with Crippen LogP contribution >= 0.6 is 0 Å². The van der Waals surface area contributed by atoms with Gasteiger partial charge in [0.05, 0.1) is 6.42 Å². The van der Waals surface area contributed by atoms with E-state index in [2.05, 4.69) is 4.79 Å². The van der Waals surface area contributed by atoms with Crippen LogP contribution in [0.2, 0.25) is 0 Å². The molecule has 0 aliphatic rings. The van der Waals surface area contributed by atoms with E-state index in [9.17, 15) is 4.79 Å². The van der Waals surface area contributed by atoms with Gasteiger partial charge in [0.1, 0.15) is 0 Å². The first kappa shape index (κ1) is 15.9. The number of nitrogens with zero attached hydrogens (tertiary/aromatic N) is 2. The minimum atomic E-state index is -0.108. The SMILES string of the molecule is Cc1ccc(CCC(=O)C(Cc2ccc(C)cc2)=[N+]=[N-])cc1. The number of carbonyl (C=O) groups is 1. The molecule has 0 unspecified atom stereocenters. The maximum Gasteiger partial charge on any atom is 0.338 e. The van der Waals surface area contributed by atoms with Crippen LogP contribution in [0.5, 0.6) is 0 Å². The predicted octanol–water partition coefficient (Wildman–Crippen LogP) is 3.72. The van der Waals surface area contributed by atoms with E-state index < -0.39 is 0 Å². The molecule has 0 bridgehead atoms. The highest BCUT2D eigenvalue weighted by molar-refractivity contribution is 6.37. The van der Waals surface area contributed by atoms with Crippen molar-refractivity contribution in [2.75, 3.05) is 0 Å². The highest BCUT2D eigenvalue weighted by Crippen LogP contribution is 2.08. The lowest BCUT2D eigenvalue weighted by Crippen LogP contribution is -2.18. The van der Waals surface area contributed by atoms with Crippen LogP contribution in [0, 0.1) is 13.8 Å². The van der Waals surface area contributed by atoms with E-state index >= 15 is 0 Å². The largest absolute Gasteiger partial charge is 0.361 e. The van der Waals surface area contributed by atoms with Gasteiger partial charge in [-0.1, -0.05) is 59.7 Å². The van der Waals surface area contributed by atoms with E-state index in [-0.39, 0.29) is 11.5 Å². The molecule has 0 saturated carbocycles. The molecule has 3 nitrogen and oxygen atoms in total. The Morgan fingerprint density at radius 3 is 1.91 bits per heavy atom. The van der Waals surface area contributed by atoms with Crippen LogP contribution in [0.4, 0.5) is 0 Å². The first-order valence-corrected chi connectivity index (χ1v) is 7.43. The molecule has 0 aliphatic heterocycles. The molecule has 0 aromatic heterocycles. The van der Waals surface area contributed by atoms with Gasteiger partial charge in [-0.25, -0.2) is 0 Å². The molecule has 0 spiro atoms. The van der Waals surface area contributed by atoms with E-state index in [1.807, 2.05) is 62.4 Å². The van der Waals surface area contributed by atoms with E-state index in [0.717, 1.165) is 16.7 Å². The number of hydrogen-bond donors (Lipinski definition) is 0. The zero-order chi connectivity index (χ0) is 15.9. The Labute approximate surface area is 131 Å². The quantitative estimate of drug-likeness (QED) is 0.455. The molecule has 0 saturated heterocycles. The van der Waals surface area contributed by atoms with E-state index in [1.54, 1.807) is 0 Å². The van der Waals surface area contributed by atoms with Gasteiger partial charge in [-0.05, 0) is 31.4 Å². The number of benzene rings is 2. The van der Waals surface area contributed by atoms with E-state index in [4.69, 9.17) is 5.53 Å². The summed E-state index contributed by atoms with van der Waals surface area (Å²) in [5, 5.41) is 0. The smallest absolute Gasteiger partial charge is 0.338 e. The molecule has 2 rings (SSSR count). The fraction of sp³-hybridized carbons (Fsp3) is 0.263. The predicted molar refractivity (Wildman–Crippen MR) is 88.0 cm³/mol. The van der Waals surface area contributed by atoms with Crippen molar-refractivity contribution in [3.8, 4) is 0 Å². The van der Waals surface area contributed by atoms with Crippen LogP contribution < -0.4 is 0 Å². The van der Waals surface area contributed by atoms with Gasteiger partial charge in [0.2, 0.25) is 5.78 Å². The van der Waals surface area contributed by atoms with Crippen LogP contribution in [-0.4, -0.2) is 16.3 Å². The van der Waals surface area contributed by atoms with Gasteiger partial charge in [-0.2, -0.15) is 4.79 Å². The minimum absolute atomic E-state index is 0.108. The number of rotatable bonds is 6. The number of ketones is 1. The van der Waals surface area contributed by atoms with Crippen LogP contribution in [0.15, 0.2) is 48.5 Å². The van der Waals surface area contributed by atoms with Gasteiger partial charge in [-0.15, -0.1) is 0 Å². The van der Waals surface area contributed by atoms with Crippen molar-refractivity contribution in [1.29, 1.82) is 0 Å².